The Hall–Kier alpha value is -2.75. The maximum Gasteiger partial charge on any atom is 0.148 e. The van der Waals surface area contributed by atoms with Crippen LogP contribution in [-0.2, 0) is 17.4 Å². The summed E-state index contributed by atoms with van der Waals surface area (Å²) in [4.78, 5) is 3.05. The minimum atomic E-state index is -0.294. The number of aryl methyl sites for hydroxylation is 2. The number of hydrogen-bond donors (Lipinski definition) is 2. The number of nitrogens with one attached hydrogen (secondary N) is 1. The van der Waals surface area contributed by atoms with Gasteiger partial charge in [0.05, 0.1) is 11.2 Å². The summed E-state index contributed by atoms with van der Waals surface area (Å²) in [6.07, 6.45) is 3.50. The molecule has 158 valence electrons. The van der Waals surface area contributed by atoms with E-state index in [0.717, 1.165) is 33.2 Å². The van der Waals surface area contributed by atoms with Crippen LogP contribution in [0, 0.1) is 19.7 Å². The normalized spacial score (nSPS) is 12.9. The molecule has 0 fully saturated rings. The van der Waals surface area contributed by atoms with Crippen molar-refractivity contribution in [3.8, 4) is 0 Å². The minimum Gasteiger partial charge on any atom is -0.397 e. The number of nitrogen functional groups attached to an aromatic ring is 1. The topological polar surface area (TPSA) is 46.7 Å². The van der Waals surface area contributed by atoms with E-state index in [1.165, 1.54) is 17.3 Å². The zero-order chi connectivity index (χ0) is 22.0. The van der Waals surface area contributed by atoms with Crippen LogP contribution < -0.4 is 5.73 Å². The van der Waals surface area contributed by atoms with Crippen LogP contribution in [0.15, 0.2) is 36.7 Å². The highest BCUT2D eigenvalue weighted by molar-refractivity contribution is 5.96. The number of anilines is 1. The quantitative estimate of drug-likeness (QED) is 0.390. The average molecular weight is 406 g/mol. The maximum absolute atomic E-state index is 14.7. The molecule has 0 aliphatic carbocycles. The predicted molar refractivity (Wildman–Crippen MR) is 126 cm³/mol. The summed E-state index contributed by atoms with van der Waals surface area (Å²) in [5.74, 6) is -0.195. The molecule has 0 unspecified atom stereocenters. The van der Waals surface area contributed by atoms with Gasteiger partial charge in [0, 0.05) is 40.6 Å². The van der Waals surface area contributed by atoms with E-state index in [4.69, 9.17) is 5.73 Å². The SMILES string of the molecule is Cc1ccc2[nH]cc(F)c2c1C(C)(C)Cn1cc(N)c2c(C(C)(C)C)c(C)ccc21. The highest BCUT2D eigenvalue weighted by atomic mass is 19.1. The first kappa shape index (κ1) is 20.5. The predicted octanol–water partition coefficient (Wildman–Crippen LogP) is 6.74. The Balaban J connectivity index is 1.90. The lowest BCUT2D eigenvalue weighted by molar-refractivity contribution is 0.443. The van der Waals surface area contributed by atoms with Gasteiger partial charge in [0.2, 0.25) is 0 Å². The molecule has 0 bridgehead atoms. The number of H-pyrrole nitrogens is 1. The van der Waals surface area contributed by atoms with Gasteiger partial charge in [-0.25, -0.2) is 4.39 Å². The van der Waals surface area contributed by atoms with E-state index in [2.05, 4.69) is 76.2 Å². The molecule has 0 atom stereocenters. The molecule has 0 aliphatic rings. The first-order valence-electron chi connectivity index (χ1n) is 10.6. The Morgan fingerprint density at radius 2 is 1.57 bits per heavy atom. The van der Waals surface area contributed by atoms with Crippen molar-refractivity contribution in [2.75, 3.05) is 5.73 Å². The van der Waals surface area contributed by atoms with E-state index in [0.29, 0.717) is 11.9 Å². The molecule has 4 heteroatoms. The molecule has 3 N–H and O–H groups in total. The first-order valence-corrected chi connectivity index (χ1v) is 10.6. The Morgan fingerprint density at radius 1 is 0.933 bits per heavy atom. The summed E-state index contributed by atoms with van der Waals surface area (Å²) in [5, 5.41) is 1.83. The molecule has 30 heavy (non-hydrogen) atoms. The Labute approximate surface area is 178 Å². The first-order chi connectivity index (χ1) is 13.9. The van der Waals surface area contributed by atoms with Gasteiger partial charge in [-0.3, -0.25) is 0 Å². The highest BCUT2D eigenvalue weighted by Crippen LogP contribution is 2.40. The lowest BCUT2D eigenvalue weighted by Crippen LogP contribution is -2.25. The van der Waals surface area contributed by atoms with E-state index in [1.54, 1.807) is 0 Å². The molecule has 0 spiro atoms. The molecule has 2 aromatic heterocycles. The van der Waals surface area contributed by atoms with Gasteiger partial charge < -0.3 is 15.3 Å². The molecule has 2 heterocycles. The largest absolute Gasteiger partial charge is 0.397 e. The summed E-state index contributed by atoms with van der Waals surface area (Å²) in [7, 11) is 0. The summed E-state index contributed by atoms with van der Waals surface area (Å²) in [5.41, 5.74) is 13.7. The van der Waals surface area contributed by atoms with Crippen molar-refractivity contribution in [2.45, 2.75) is 65.8 Å². The van der Waals surface area contributed by atoms with Crippen LogP contribution in [0.25, 0.3) is 21.8 Å². The lowest BCUT2D eigenvalue weighted by atomic mass is 9.79. The second-order valence-electron chi connectivity index (χ2n) is 10.3. The number of nitrogens with zero attached hydrogens (tertiary/aromatic N) is 1. The summed E-state index contributed by atoms with van der Waals surface area (Å²) in [6.45, 7) is 16.0. The van der Waals surface area contributed by atoms with Gasteiger partial charge in [-0.2, -0.15) is 0 Å². The van der Waals surface area contributed by atoms with Crippen LogP contribution in [0.1, 0.15) is 56.9 Å². The molecule has 2 aromatic carbocycles. The fourth-order valence-corrected chi connectivity index (χ4v) is 5.29. The molecule has 0 amide bonds. The van der Waals surface area contributed by atoms with Crippen LogP contribution in [0.5, 0.6) is 0 Å². The average Bonchev–Trinajstić information content (AvgIpc) is 3.14. The summed E-state index contributed by atoms with van der Waals surface area (Å²) < 4.78 is 16.9. The van der Waals surface area contributed by atoms with Crippen LogP contribution in [0.4, 0.5) is 10.1 Å². The molecule has 4 aromatic rings. The fourth-order valence-electron chi connectivity index (χ4n) is 5.29. The molecule has 0 radical (unpaired) electrons. The smallest absolute Gasteiger partial charge is 0.148 e. The van der Waals surface area contributed by atoms with Gasteiger partial charge in [0.25, 0.3) is 0 Å². The minimum absolute atomic E-state index is 0.00412. The van der Waals surface area contributed by atoms with Crippen LogP contribution in [0.2, 0.25) is 0 Å². The molecular formula is C26H32FN3. The Morgan fingerprint density at radius 3 is 2.23 bits per heavy atom. The molecular weight excluding hydrogens is 373 g/mol. The third kappa shape index (κ3) is 3.10. The van der Waals surface area contributed by atoms with Crippen molar-refractivity contribution in [3.05, 3.63) is 64.7 Å². The van der Waals surface area contributed by atoms with Gasteiger partial charge in [0.1, 0.15) is 5.82 Å². The van der Waals surface area contributed by atoms with Gasteiger partial charge in [-0.15, -0.1) is 0 Å². The number of benzene rings is 2. The second-order valence-corrected chi connectivity index (χ2v) is 10.3. The number of halogens is 1. The van der Waals surface area contributed by atoms with Crippen molar-refractivity contribution in [3.63, 3.8) is 0 Å². The highest BCUT2D eigenvalue weighted by Gasteiger charge is 2.29. The number of fused-ring (bicyclic) bond motifs is 2. The van der Waals surface area contributed by atoms with Crippen molar-refractivity contribution in [1.29, 1.82) is 0 Å². The summed E-state index contributed by atoms with van der Waals surface area (Å²) >= 11 is 0. The van der Waals surface area contributed by atoms with Gasteiger partial charge >= 0.3 is 0 Å². The van der Waals surface area contributed by atoms with Crippen molar-refractivity contribution in [2.24, 2.45) is 0 Å². The number of aromatic nitrogens is 2. The fraction of sp³-hybridized carbons (Fsp3) is 0.385. The molecule has 0 aliphatic heterocycles. The number of rotatable bonds is 3. The van der Waals surface area contributed by atoms with E-state index in [-0.39, 0.29) is 16.6 Å². The van der Waals surface area contributed by atoms with E-state index in [9.17, 15) is 4.39 Å². The maximum atomic E-state index is 14.7. The van der Waals surface area contributed by atoms with Gasteiger partial charge in [-0.1, -0.05) is 46.8 Å². The van der Waals surface area contributed by atoms with Gasteiger partial charge in [-0.05, 0) is 53.6 Å². The third-order valence-corrected chi connectivity index (χ3v) is 6.28. The second kappa shape index (κ2) is 6.63. The molecule has 4 rings (SSSR count). The van der Waals surface area contributed by atoms with Crippen LogP contribution >= 0.6 is 0 Å². The van der Waals surface area contributed by atoms with Crippen molar-refractivity contribution in [1.82, 2.24) is 9.55 Å². The van der Waals surface area contributed by atoms with Gasteiger partial charge in [0.15, 0.2) is 0 Å². The standard InChI is InChI=1S/C26H32FN3/c1-15-9-11-20-22(23(15)25(3,4)5)18(28)13-30(20)14-26(6,7)24-16(2)8-10-19-21(24)17(27)12-29-19/h8-13,29H,14,28H2,1-7H3. The Kier molecular flexibility index (Phi) is 4.53. The summed E-state index contributed by atoms with van der Waals surface area (Å²) in [6, 6.07) is 8.37. The number of hydrogen-bond acceptors (Lipinski definition) is 1. The van der Waals surface area contributed by atoms with E-state index >= 15 is 0 Å². The zero-order valence-electron chi connectivity index (χ0n) is 19.1. The van der Waals surface area contributed by atoms with Crippen LogP contribution in [0.3, 0.4) is 0 Å². The lowest BCUT2D eigenvalue weighted by Gasteiger charge is -2.29. The zero-order valence-corrected chi connectivity index (χ0v) is 19.1. The molecule has 0 saturated heterocycles. The van der Waals surface area contributed by atoms with E-state index in [1.807, 2.05) is 12.3 Å². The van der Waals surface area contributed by atoms with Crippen LogP contribution in [-0.4, -0.2) is 9.55 Å². The third-order valence-electron chi connectivity index (χ3n) is 6.28. The number of aromatic amines is 1. The Bertz CT molecular complexity index is 1270. The number of nitrogens with two attached hydrogens (primary N) is 1. The van der Waals surface area contributed by atoms with Crippen molar-refractivity contribution >= 4 is 27.5 Å². The monoisotopic (exact) mass is 405 g/mol. The molecule has 0 saturated carbocycles. The molecule has 3 nitrogen and oxygen atoms in total. The van der Waals surface area contributed by atoms with Crippen molar-refractivity contribution < 1.29 is 4.39 Å². The van der Waals surface area contributed by atoms with E-state index < -0.39 is 0 Å².